The fourth-order valence-corrected chi connectivity index (χ4v) is 2.39. The molecule has 0 spiro atoms. The van der Waals surface area contributed by atoms with E-state index < -0.39 is 18.2 Å². The van der Waals surface area contributed by atoms with E-state index in [2.05, 4.69) is 10.1 Å². The Morgan fingerprint density at radius 2 is 2.14 bits per heavy atom. The van der Waals surface area contributed by atoms with Crippen molar-refractivity contribution in [1.82, 2.24) is 5.32 Å². The van der Waals surface area contributed by atoms with Crippen LogP contribution in [0.25, 0.3) is 0 Å². The summed E-state index contributed by atoms with van der Waals surface area (Å²) in [6.45, 7) is -0.981. The third-order valence-electron chi connectivity index (χ3n) is 3.18. The normalized spacial score (nSPS) is 16.9. The maximum atomic E-state index is 12.0. The molecule has 3 nitrogen and oxygen atoms in total. The summed E-state index contributed by atoms with van der Waals surface area (Å²) in [6.07, 6.45) is -2.73. The highest BCUT2D eigenvalue weighted by molar-refractivity contribution is 6.21. The lowest BCUT2D eigenvalue weighted by molar-refractivity contribution is -0.173. The minimum Gasteiger partial charge on any atom is -0.370 e. The molecule has 1 aliphatic heterocycles. The summed E-state index contributed by atoms with van der Waals surface area (Å²) in [5.74, 6) is -0.176. The predicted octanol–water partition coefficient (Wildman–Crippen LogP) is 3.22. The zero-order valence-electron chi connectivity index (χ0n) is 11.2. The van der Waals surface area contributed by atoms with E-state index in [1.54, 1.807) is 18.2 Å². The molecule has 1 unspecified atom stereocenters. The molecule has 0 aromatic heterocycles. The first kappa shape index (κ1) is 16.1. The molecular weight excluding hydrogens is 307 g/mol. The molecular formula is C14H15ClF3NO2. The topological polar surface area (TPSA) is 38.3 Å². The van der Waals surface area contributed by atoms with Crippen molar-refractivity contribution in [2.45, 2.75) is 24.4 Å². The van der Waals surface area contributed by atoms with Gasteiger partial charge in [-0.1, -0.05) is 12.1 Å². The van der Waals surface area contributed by atoms with Crippen LogP contribution in [-0.4, -0.2) is 31.8 Å². The van der Waals surface area contributed by atoms with Gasteiger partial charge < -0.3 is 10.1 Å². The fourth-order valence-electron chi connectivity index (χ4n) is 2.17. The van der Waals surface area contributed by atoms with E-state index >= 15 is 0 Å². The van der Waals surface area contributed by atoms with Crippen LogP contribution >= 0.6 is 11.6 Å². The predicted molar refractivity (Wildman–Crippen MR) is 72.6 cm³/mol. The number of ether oxygens (including phenoxy) is 1. The number of fused-ring (bicyclic) bond motifs is 1. The standard InChI is InChI=1S/C14H15ClF3NO2/c15-12(7-21-8-14(16,17)18)10-4-3-9-2-1-5-19-13(20)11(9)6-10/h3-4,6,12H,1-2,5,7-8H2,(H,19,20). The summed E-state index contributed by atoms with van der Waals surface area (Å²) in [4.78, 5) is 11.9. The van der Waals surface area contributed by atoms with Crippen LogP contribution in [0.3, 0.4) is 0 Å². The van der Waals surface area contributed by atoms with E-state index in [4.69, 9.17) is 11.6 Å². The van der Waals surface area contributed by atoms with Crippen molar-refractivity contribution in [2.24, 2.45) is 0 Å². The molecule has 0 fully saturated rings. The van der Waals surface area contributed by atoms with Gasteiger partial charge in [-0.2, -0.15) is 13.2 Å². The van der Waals surface area contributed by atoms with E-state index in [0.717, 1.165) is 18.4 Å². The summed E-state index contributed by atoms with van der Waals surface area (Å²) >= 11 is 6.04. The Morgan fingerprint density at radius 1 is 1.38 bits per heavy atom. The molecule has 1 N–H and O–H groups in total. The summed E-state index contributed by atoms with van der Waals surface area (Å²) < 4.78 is 40.6. The van der Waals surface area contributed by atoms with Crippen molar-refractivity contribution in [3.8, 4) is 0 Å². The molecule has 0 aliphatic carbocycles. The number of hydrogen-bond acceptors (Lipinski definition) is 2. The summed E-state index contributed by atoms with van der Waals surface area (Å²) in [5, 5.41) is 2.04. The number of rotatable bonds is 4. The Labute approximate surface area is 125 Å². The largest absolute Gasteiger partial charge is 0.411 e. The third-order valence-corrected chi connectivity index (χ3v) is 3.56. The molecule has 0 saturated heterocycles. The third kappa shape index (κ3) is 4.61. The number of nitrogens with one attached hydrogen (secondary N) is 1. The molecule has 21 heavy (non-hydrogen) atoms. The van der Waals surface area contributed by atoms with E-state index in [0.29, 0.717) is 17.7 Å². The van der Waals surface area contributed by atoms with Crippen LogP contribution in [0.5, 0.6) is 0 Å². The quantitative estimate of drug-likeness (QED) is 0.865. The monoisotopic (exact) mass is 321 g/mol. The SMILES string of the molecule is O=C1NCCCc2ccc(C(Cl)COCC(F)(F)F)cc21. The van der Waals surface area contributed by atoms with E-state index in [-0.39, 0.29) is 12.5 Å². The van der Waals surface area contributed by atoms with Gasteiger partial charge in [-0.05, 0) is 30.0 Å². The number of amides is 1. The second-order valence-electron chi connectivity index (χ2n) is 4.87. The van der Waals surface area contributed by atoms with Crippen molar-refractivity contribution in [2.75, 3.05) is 19.8 Å². The first-order valence-corrected chi connectivity index (χ1v) is 7.00. The number of carbonyl (C=O) groups is 1. The number of benzene rings is 1. The number of carbonyl (C=O) groups excluding carboxylic acids is 1. The highest BCUT2D eigenvalue weighted by atomic mass is 35.5. The molecule has 0 radical (unpaired) electrons. The lowest BCUT2D eigenvalue weighted by Gasteiger charge is -2.14. The van der Waals surface area contributed by atoms with Gasteiger partial charge in [0.25, 0.3) is 5.91 Å². The lowest BCUT2D eigenvalue weighted by atomic mass is 9.99. The van der Waals surface area contributed by atoms with Crippen LogP contribution in [0, 0.1) is 0 Å². The Morgan fingerprint density at radius 3 is 2.86 bits per heavy atom. The molecule has 0 bridgehead atoms. The molecule has 1 atom stereocenters. The Balaban J connectivity index is 2.05. The number of hydrogen-bond donors (Lipinski definition) is 1. The average Bonchev–Trinajstić information content (AvgIpc) is 2.59. The van der Waals surface area contributed by atoms with Crippen molar-refractivity contribution in [3.63, 3.8) is 0 Å². The maximum Gasteiger partial charge on any atom is 0.411 e. The summed E-state index contributed by atoms with van der Waals surface area (Å²) in [6, 6.07) is 5.16. The number of alkyl halides is 4. The minimum absolute atomic E-state index is 0.176. The second-order valence-corrected chi connectivity index (χ2v) is 5.40. The molecule has 116 valence electrons. The molecule has 1 amide bonds. The Hall–Kier alpha value is -1.27. The smallest absolute Gasteiger partial charge is 0.370 e. The molecule has 1 aromatic carbocycles. The zero-order chi connectivity index (χ0) is 15.5. The maximum absolute atomic E-state index is 12.0. The fraction of sp³-hybridized carbons (Fsp3) is 0.500. The van der Waals surface area contributed by atoms with Gasteiger partial charge in [0.05, 0.1) is 12.0 Å². The Bertz CT molecular complexity index is 519. The highest BCUT2D eigenvalue weighted by Gasteiger charge is 2.28. The molecule has 7 heteroatoms. The van der Waals surface area contributed by atoms with Crippen LogP contribution in [0.15, 0.2) is 18.2 Å². The molecule has 1 aliphatic rings. The van der Waals surface area contributed by atoms with E-state index in [9.17, 15) is 18.0 Å². The summed E-state index contributed by atoms with van der Waals surface area (Å²) in [7, 11) is 0. The molecule has 2 rings (SSSR count). The molecule has 1 heterocycles. The highest BCUT2D eigenvalue weighted by Crippen LogP contribution is 2.26. The van der Waals surface area contributed by atoms with Crippen molar-refractivity contribution >= 4 is 17.5 Å². The van der Waals surface area contributed by atoms with Gasteiger partial charge in [-0.3, -0.25) is 4.79 Å². The summed E-state index contributed by atoms with van der Waals surface area (Å²) in [5.41, 5.74) is 2.04. The van der Waals surface area contributed by atoms with Gasteiger partial charge in [0.15, 0.2) is 0 Å². The van der Waals surface area contributed by atoms with E-state index in [1.165, 1.54) is 0 Å². The van der Waals surface area contributed by atoms with Gasteiger partial charge in [0, 0.05) is 12.1 Å². The molecule has 0 saturated carbocycles. The zero-order valence-corrected chi connectivity index (χ0v) is 11.9. The number of halogens is 4. The van der Waals surface area contributed by atoms with E-state index in [1.807, 2.05) is 0 Å². The van der Waals surface area contributed by atoms with Crippen LogP contribution in [0.1, 0.15) is 33.3 Å². The minimum atomic E-state index is -4.37. The lowest BCUT2D eigenvalue weighted by Crippen LogP contribution is -2.23. The molecule has 1 aromatic rings. The first-order valence-electron chi connectivity index (χ1n) is 6.56. The van der Waals surface area contributed by atoms with Crippen molar-refractivity contribution in [1.29, 1.82) is 0 Å². The first-order chi connectivity index (χ1) is 9.87. The van der Waals surface area contributed by atoms with Crippen LogP contribution in [-0.2, 0) is 11.2 Å². The van der Waals surface area contributed by atoms with Crippen molar-refractivity contribution < 1.29 is 22.7 Å². The second kappa shape index (κ2) is 6.66. The Kier molecular flexibility index (Phi) is 5.11. The van der Waals surface area contributed by atoms with Gasteiger partial charge in [0.2, 0.25) is 0 Å². The van der Waals surface area contributed by atoms with Crippen LogP contribution in [0.4, 0.5) is 13.2 Å². The van der Waals surface area contributed by atoms with Gasteiger partial charge in [0.1, 0.15) is 6.61 Å². The average molecular weight is 322 g/mol. The number of aryl methyl sites for hydroxylation is 1. The van der Waals surface area contributed by atoms with Crippen LogP contribution < -0.4 is 5.32 Å². The van der Waals surface area contributed by atoms with Crippen LogP contribution in [0.2, 0.25) is 0 Å². The van der Waals surface area contributed by atoms with Gasteiger partial charge >= 0.3 is 6.18 Å². The van der Waals surface area contributed by atoms with Gasteiger partial charge in [-0.25, -0.2) is 0 Å². The van der Waals surface area contributed by atoms with Gasteiger partial charge in [-0.15, -0.1) is 11.6 Å². The van der Waals surface area contributed by atoms with Crippen molar-refractivity contribution in [3.05, 3.63) is 34.9 Å².